The molecule has 0 saturated carbocycles. The first-order valence-corrected chi connectivity index (χ1v) is 20.3. The van der Waals surface area contributed by atoms with E-state index in [1.165, 1.54) is 0 Å². The van der Waals surface area contributed by atoms with Crippen molar-refractivity contribution in [3.8, 4) is 5.88 Å². The molecule has 15 nitrogen and oxygen atoms in total. The number of rotatable bonds is 15. The monoisotopic (exact) mass is 674 g/mol. The maximum absolute atomic E-state index is 15.1. The van der Waals surface area contributed by atoms with Crippen LogP contribution in [0.1, 0.15) is 12.8 Å². The van der Waals surface area contributed by atoms with Gasteiger partial charge in [0.25, 0.3) is 5.88 Å². The Hall–Kier alpha value is -3.54. The molecule has 3 aromatic rings. The van der Waals surface area contributed by atoms with Gasteiger partial charge in [-0.25, -0.2) is 14.2 Å². The first kappa shape index (κ1) is 34.8. The maximum Gasteiger partial charge on any atom is 0.407 e. The number of methoxy groups -OCH3 is 1. The van der Waals surface area contributed by atoms with E-state index < -0.39 is 26.4 Å². The Balaban J connectivity index is 1.22. The van der Waals surface area contributed by atoms with Crippen LogP contribution < -0.4 is 26.0 Å². The van der Waals surface area contributed by atoms with Gasteiger partial charge < -0.3 is 45.1 Å². The van der Waals surface area contributed by atoms with Gasteiger partial charge in [-0.1, -0.05) is 19.6 Å². The van der Waals surface area contributed by atoms with Crippen LogP contribution in [-0.4, -0.2) is 138 Å². The number of nitrogens with zero attached hydrogens (tertiary/aromatic N) is 9. The number of carbonyl (C=O) groups is 1. The van der Waals surface area contributed by atoms with Crippen molar-refractivity contribution in [2.45, 2.75) is 57.3 Å². The summed E-state index contributed by atoms with van der Waals surface area (Å²) in [4.78, 5) is 33.1. The van der Waals surface area contributed by atoms with E-state index in [1.54, 1.807) is 22.9 Å². The van der Waals surface area contributed by atoms with Crippen molar-refractivity contribution in [1.29, 1.82) is 0 Å². The number of nitrogens with two attached hydrogens (primary N) is 1. The van der Waals surface area contributed by atoms with Gasteiger partial charge in [0.2, 0.25) is 5.95 Å². The molecule has 0 bridgehead atoms. The van der Waals surface area contributed by atoms with E-state index in [-0.39, 0.29) is 13.1 Å². The molecule has 3 aromatic heterocycles. The number of ether oxygens (including phenoxy) is 2. The molecule has 2 atom stereocenters. The van der Waals surface area contributed by atoms with Gasteiger partial charge in [-0.05, 0) is 38.5 Å². The number of hydrogen-bond donors (Lipinski definition) is 3. The predicted molar refractivity (Wildman–Crippen MR) is 183 cm³/mol. The fourth-order valence-corrected chi connectivity index (χ4v) is 6.53. The van der Waals surface area contributed by atoms with Gasteiger partial charge in [0, 0.05) is 54.4 Å². The SMILES string of the molecule is COc1nn(CCCN2CCN(CCCN)CC2)cc1Nc1nc(N2C[C@@H](F)[C@H](NC(=O)OCC[Si](C)(C)C)C2)nc2c1ncn2C. The quantitative estimate of drug-likeness (QED) is 0.203. The molecule has 260 valence electrons. The molecule has 4 N–H and O–H groups in total. The number of imidazole rings is 1. The fourth-order valence-electron chi connectivity index (χ4n) is 5.82. The molecular formula is C30H51FN12O3Si. The zero-order chi connectivity index (χ0) is 33.6. The first-order valence-electron chi connectivity index (χ1n) is 16.6. The van der Waals surface area contributed by atoms with E-state index >= 15 is 4.39 Å². The number of anilines is 3. The molecule has 0 aromatic carbocycles. The molecule has 0 radical (unpaired) electrons. The third-order valence-corrected chi connectivity index (χ3v) is 10.4. The lowest BCUT2D eigenvalue weighted by Crippen LogP contribution is -2.47. The van der Waals surface area contributed by atoms with Crippen LogP contribution in [-0.2, 0) is 18.3 Å². The van der Waals surface area contributed by atoms with E-state index in [2.05, 4.69) is 50.2 Å². The maximum atomic E-state index is 15.1. The largest absolute Gasteiger partial charge is 0.478 e. The topological polar surface area (TPSA) is 157 Å². The molecule has 5 heterocycles. The highest BCUT2D eigenvalue weighted by atomic mass is 28.3. The fraction of sp³-hybridized carbons (Fsp3) is 0.700. The molecule has 0 unspecified atom stereocenters. The van der Waals surface area contributed by atoms with E-state index in [1.807, 2.05) is 17.9 Å². The Kier molecular flexibility index (Phi) is 11.5. The normalized spacial score (nSPS) is 19.4. The summed E-state index contributed by atoms with van der Waals surface area (Å²) < 4.78 is 29.7. The van der Waals surface area contributed by atoms with E-state index in [4.69, 9.17) is 25.2 Å². The number of alkyl carbamates (subject to hydrolysis) is 1. The van der Waals surface area contributed by atoms with Crippen molar-refractivity contribution in [1.82, 2.24) is 44.4 Å². The summed E-state index contributed by atoms with van der Waals surface area (Å²) in [6.45, 7) is 15.0. The van der Waals surface area contributed by atoms with Gasteiger partial charge >= 0.3 is 6.09 Å². The van der Waals surface area contributed by atoms with Crippen LogP contribution in [0.25, 0.3) is 11.2 Å². The smallest absolute Gasteiger partial charge is 0.407 e. The molecule has 2 saturated heterocycles. The Morgan fingerprint density at radius 1 is 1.09 bits per heavy atom. The average Bonchev–Trinajstić information content (AvgIpc) is 3.72. The summed E-state index contributed by atoms with van der Waals surface area (Å²) in [6, 6.07) is 0.109. The number of amides is 1. The van der Waals surface area contributed by atoms with Crippen molar-refractivity contribution in [2.75, 3.05) is 82.8 Å². The molecule has 2 fully saturated rings. The summed E-state index contributed by atoms with van der Waals surface area (Å²) in [7, 11) is 2.08. The number of aryl methyl sites for hydroxylation is 2. The van der Waals surface area contributed by atoms with Crippen molar-refractivity contribution < 1.29 is 18.7 Å². The highest BCUT2D eigenvalue weighted by molar-refractivity contribution is 6.76. The van der Waals surface area contributed by atoms with Gasteiger partial charge in [0.1, 0.15) is 11.9 Å². The van der Waals surface area contributed by atoms with E-state index in [0.29, 0.717) is 41.1 Å². The summed E-state index contributed by atoms with van der Waals surface area (Å²) >= 11 is 0. The van der Waals surface area contributed by atoms with Gasteiger partial charge in [0.05, 0.1) is 38.8 Å². The molecule has 2 aliphatic heterocycles. The van der Waals surface area contributed by atoms with Crippen LogP contribution in [0.5, 0.6) is 5.88 Å². The van der Waals surface area contributed by atoms with Gasteiger partial charge in [0.15, 0.2) is 17.0 Å². The minimum absolute atomic E-state index is 0.0344. The Morgan fingerprint density at radius 3 is 2.49 bits per heavy atom. The van der Waals surface area contributed by atoms with Crippen molar-refractivity contribution >= 4 is 42.8 Å². The lowest BCUT2D eigenvalue weighted by atomic mass is 10.2. The third-order valence-electron chi connectivity index (χ3n) is 8.65. The van der Waals surface area contributed by atoms with Crippen molar-refractivity contribution in [2.24, 2.45) is 12.8 Å². The Labute approximate surface area is 277 Å². The molecule has 47 heavy (non-hydrogen) atoms. The standard InChI is InChI=1S/C30H51FN12O3Si/c1-39-21-33-25-26(34-24-20-43(38-28(24)45-2)11-7-10-41-14-12-40(13-15-41)9-6-8-32)36-29(37-27(25)39)42-18-22(31)23(19-42)35-30(44)46-16-17-47(3,4)5/h20-23H,6-19,32H2,1-5H3,(H,35,44)(H,34,36,37)/t22-,23-/m1/s1. The number of hydrogen-bond acceptors (Lipinski definition) is 12. The molecule has 0 spiro atoms. The minimum Gasteiger partial charge on any atom is -0.478 e. The van der Waals surface area contributed by atoms with Crippen LogP contribution in [0.4, 0.5) is 26.6 Å². The minimum atomic E-state index is -1.35. The summed E-state index contributed by atoms with van der Waals surface area (Å²) in [5, 5.41) is 10.7. The van der Waals surface area contributed by atoms with Crippen LogP contribution in [0.3, 0.4) is 0 Å². The second-order valence-electron chi connectivity index (χ2n) is 13.6. The van der Waals surface area contributed by atoms with Gasteiger partial charge in [-0.3, -0.25) is 4.68 Å². The number of halogens is 1. The van der Waals surface area contributed by atoms with Crippen LogP contribution in [0.2, 0.25) is 25.7 Å². The number of carbonyl (C=O) groups excluding carboxylic acids is 1. The van der Waals surface area contributed by atoms with Crippen LogP contribution in [0, 0.1) is 0 Å². The lowest BCUT2D eigenvalue weighted by molar-refractivity contribution is 0.129. The zero-order valence-corrected chi connectivity index (χ0v) is 29.4. The van der Waals surface area contributed by atoms with Gasteiger partial charge in [-0.2, -0.15) is 9.97 Å². The van der Waals surface area contributed by atoms with E-state index in [9.17, 15) is 4.79 Å². The highest BCUT2D eigenvalue weighted by Crippen LogP contribution is 2.31. The third kappa shape index (κ3) is 9.30. The molecule has 5 rings (SSSR count). The number of aromatic nitrogens is 6. The van der Waals surface area contributed by atoms with Crippen molar-refractivity contribution in [3.63, 3.8) is 0 Å². The molecule has 1 amide bonds. The molecule has 0 aliphatic carbocycles. The summed E-state index contributed by atoms with van der Waals surface area (Å²) in [5.74, 6) is 1.22. The van der Waals surface area contributed by atoms with Crippen LogP contribution >= 0.6 is 0 Å². The van der Waals surface area contributed by atoms with Gasteiger partial charge in [-0.15, -0.1) is 5.10 Å². The number of fused-ring (bicyclic) bond motifs is 1. The van der Waals surface area contributed by atoms with Crippen molar-refractivity contribution in [3.05, 3.63) is 12.5 Å². The first-order chi connectivity index (χ1) is 22.5. The second kappa shape index (κ2) is 15.6. The number of alkyl halides is 1. The molecular weight excluding hydrogens is 623 g/mol. The van der Waals surface area contributed by atoms with Crippen LogP contribution in [0.15, 0.2) is 12.5 Å². The summed E-state index contributed by atoms with van der Waals surface area (Å²) in [5.41, 5.74) is 7.45. The number of piperazine rings is 1. The van der Waals surface area contributed by atoms with E-state index in [0.717, 1.165) is 71.2 Å². The Bertz CT molecular complexity index is 1470. The average molecular weight is 675 g/mol. The Morgan fingerprint density at radius 2 is 1.81 bits per heavy atom. The number of nitrogens with one attached hydrogen (secondary N) is 2. The molecule has 2 aliphatic rings. The highest BCUT2D eigenvalue weighted by Gasteiger charge is 2.36. The summed E-state index contributed by atoms with van der Waals surface area (Å²) in [6.07, 6.45) is 3.66. The molecule has 17 heteroatoms. The lowest BCUT2D eigenvalue weighted by Gasteiger charge is -2.34. The zero-order valence-electron chi connectivity index (χ0n) is 28.4. The second-order valence-corrected chi connectivity index (χ2v) is 19.3. The predicted octanol–water partition coefficient (Wildman–Crippen LogP) is 2.26.